The van der Waals surface area contributed by atoms with Crippen LogP contribution in [0.15, 0.2) is 148 Å². The normalized spacial score (nSPS) is 12.1. The summed E-state index contributed by atoms with van der Waals surface area (Å²) in [4.78, 5) is 19.9. The predicted octanol–water partition coefficient (Wildman–Crippen LogP) is 10.6. The molecule has 7 heteroatoms. The van der Waals surface area contributed by atoms with Crippen molar-refractivity contribution in [1.29, 1.82) is 0 Å². The summed E-state index contributed by atoms with van der Waals surface area (Å²) in [5.74, 6) is 1.71. The zero-order chi connectivity index (χ0) is 32.1. The number of benzene rings is 6. The molecule has 0 N–H and O–H groups in total. The summed E-state index contributed by atoms with van der Waals surface area (Å²) >= 11 is 0. The van der Waals surface area contributed by atoms with Crippen molar-refractivity contribution in [2.24, 2.45) is 0 Å². The Morgan fingerprint density at radius 3 is 1.90 bits per heavy atom. The van der Waals surface area contributed by atoms with Gasteiger partial charge in [-0.05, 0) is 36.4 Å². The van der Waals surface area contributed by atoms with E-state index in [2.05, 4.69) is 58.1 Å². The van der Waals surface area contributed by atoms with Gasteiger partial charge in [0, 0.05) is 55.0 Å². The molecule has 7 nitrogen and oxygen atoms in total. The van der Waals surface area contributed by atoms with Crippen molar-refractivity contribution >= 4 is 76.6 Å². The van der Waals surface area contributed by atoms with Crippen LogP contribution in [-0.4, -0.2) is 24.5 Å². The minimum atomic E-state index is 0.523. The fraction of sp³-hybridized carbons (Fsp3) is 0. The summed E-state index contributed by atoms with van der Waals surface area (Å²) < 4.78 is 15.3. The van der Waals surface area contributed by atoms with Gasteiger partial charge in [0.15, 0.2) is 11.6 Å². The highest BCUT2D eigenvalue weighted by molar-refractivity contribution is 6.40. The van der Waals surface area contributed by atoms with Crippen molar-refractivity contribution < 1.29 is 8.83 Å². The maximum atomic E-state index is 6.84. The summed E-state index contributed by atoms with van der Waals surface area (Å²) in [7, 11) is 0. The molecule has 0 saturated carbocycles. The lowest BCUT2D eigenvalue weighted by Gasteiger charge is -2.12. The van der Waals surface area contributed by atoms with Gasteiger partial charge in [-0.25, -0.2) is 9.97 Å². The topological polar surface area (TPSA) is 82.8 Å². The second-order valence-corrected chi connectivity index (χ2v) is 12.2. The van der Waals surface area contributed by atoms with Gasteiger partial charge in [-0.15, -0.1) is 0 Å². The molecule has 0 atom stereocenters. The molecule has 0 unspecified atom stereocenters. The molecule has 6 aromatic carbocycles. The molecule has 0 aliphatic rings. The maximum absolute atomic E-state index is 6.84. The molecule has 0 bridgehead atoms. The smallest absolute Gasteiger partial charge is 0.238 e. The number of para-hydroxylation sites is 2. The fourth-order valence-electron chi connectivity index (χ4n) is 7.46. The van der Waals surface area contributed by atoms with Gasteiger partial charge in [0.2, 0.25) is 11.7 Å². The first-order valence-corrected chi connectivity index (χ1v) is 16.2. The number of aromatic nitrogens is 5. The summed E-state index contributed by atoms with van der Waals surface area (Å²) in [6.45, 7) is 0. The number of furan rings is 2. The van der Waals surface area contributed by atoms with Crippen LogP contribution < -0.4 is 0 Å². The molecule has 0 fully saturated rings. The van der Waals surface area contributed by atoms with Crippen LogP contribution in [0.4, 0.5) is 0 Å². The van der Waals surface area contributed by atoms with E-state index in [1.165, 1.54) is 0 Å². The van der Waals surface area contributed by atoms with Gasteiger partial charge in [0.25, 0.3) is 0 Å². The first kappa shape index (κ1) is 26.2. The number of rotatable bonds is 3. The van der Waals surface area contributed by atoms with Crippen LogP contribution in [0.25, 0.3) is 105 Å². The third kappa shape index (κ3) is 3.66. The van der Waals surface area contributed by atoms with Gasteiger partial charge in [-0.3, -0.25) is 4.57 Å². The van der Waals surface area contributed by atoms with Crippen LogP contribution in [0, 0.1) is 0 Å². The lowest BCUT2D eigenvalue weighted by atomic mass is 9.96. The molecule has 228 valence electrons. The molecular weight excluding hydrogens is 606 g/mol. The molecule has 0 aliphatic heterocycles. The third-order valence-corrected chi connectivity index (χ3v) is 9.50. The second-order valence-electron chi connectivity index (χ2n) is 12.2. The first-order chi connectivity index (χ1) is 24.3. The van der Waals surface area contributed by atoms with E-state index in [1.54, 1.807) is 6.20 Å². The van der Waals surface area contributed by atoms with Crippen LogP contribution in [0.1, 0.15) is 0 Å². The van der Waals surface area contributed by atoms with E-state index in [-0.39, 0.29) is 0 Å². The number of hydrogen-bond donors (Lipinski definition) is 0. The highest BCUT2D eigenvalue weighted by atomic mass is 16.3. The van der Waals surface area contributed by atoms with E-state index in [4.69, 9.17) is 23.8 Å². The monoisotopic (exact) mass is 629 g/mol. The average Bonchev–Trinajstić information content (AvgIpc) is 3.85. The van der Waals surface area contributed by atoms with Gasteiger partial charge in [-0.1, -0.05) is 97.1 Å². The second kappa shape index (κ2) is 9.82. The van der Waals surface area contributed by atoms with Gasteiger partial charge in [0.05, 0.1) is 16.4 Å². The lowest BCUT2D eigenvalue weighted by Crippen LogP contribution is -2.06. The van der Waals surface area contributed by atoms with Crippen LogP contribution in [0.2, 0.25) is 0 Å². The Morgan fingerprint density at radius 1 is 0.449 bits per heavy atom. The Bertz CT molecular complexity index is 3050. The maximum Gasteiger partial charge on any atom is 0.238 e. The zero-order valence-electron chi connectivity index (χ0n) is 25.8. The Morgan fingerprint density at radius 2 is 1.12 bits per heavy atom. The first-order valence-electron chi connectivity index (χ1n) is 16.2. The number of fused-ring (bicyclic) bond motifs is 14. The Labute approximate surface area is 277 Å². The Hall–Kier alpha value is -6.86. The van der Waals surface area contributed by atoms with Crippen molar-refractivity contribution in [2.45, 2.75) is 0 Å². The molecular formula is C42H23N5O2. The highest BCUT2D eigenvalue weighted by Crippen LogP contribution is 2.48. The summed E-state index contributed by atoms with van der Waals surface area (Å²) in [6.07, 6.45) is 1.77. The van der Waals surface area contributed by atoms with E-state index in [1.807, 2.05) is 84.9 Å². The molecule has 0 saturated heterocycles. The Balaban J connectivity index is 1.39. The number of hydrogen-bond acceptors (Lipinski definition) is 6. The predicted molar refractivity (Wildman–Crippen MR) is 195 cm³/mol. The summed E-state index contributed by atoms with van der Waals surface area (Å²) in [5, 5.41) is 8.17. The third-order valence-electron chi connectivity index (χ3n) is 9.50. The molecule has 0 amide bonds. The van der Waals surface area contributed by atoms with E-state index in [9.17, 15) is 0 Å². The fourth-order valence-corrected chi connectivity index (χ4v) is 7.46. The minimum Gasteiger partial charge on any atom is -0.455 e. The number of nitrogens with zero attached hydrogens (tertiary/aromatic N) is 5. The Kier molecular flexibility index (Phi) is 5.26. The molecule has 0 radical (unpaired) electrons. The molecule has 11 rings (SSSR count). The molecule has 5 aromatic heterocycles. The lowest BCUT2D eigenvalue weighted by molar-refractivity contribution is 0.654. The highest BCUT2D eigenvalue weighted by Gasteiger charge is 2.26. The quantitative estimate of drug-likeness (QED) is 0.193. The van der Waals surface area contributed by atoms with E-state index >= 15 is 0 Å². The number of pyridine rings is 1. The van der Waals surface area contributed by atoms with E-state index in [0.717, 1.165) is 82.0 Å². The van der Waals surface area contributed by atoms with E-state index < -0.39 is 0 Å². The van der Waals surface area contributed by atoms with Crippen molar-refractivity contribution in [3.63, 3.8) is 0 Å². The minimum absolute atomic E-state index is 0.523. The van der Waals surface area contributed by atoms with Crippen LogP contribution in [0.5, 0.6) is 0 Å². The van der Waals surface area contributed by atoms with Crippen LogP contribution in [-0.2, 0) is 0 Å². The van der Waals surface area contributed by atoms with E-state index in [0.29, 0.717) is 23.3 Å². The molecule has 5 heterocycles. The van der Waals surface area contributed by atoms with Gasteiger partial charge < -0.3 is 8.83 Å². The molecule has 49 heavy (non-hydrogen) atoms. The molecule has 0 aliphatic carbocycles. The van der Waals surface area contributed by atoms with Gasteiger partial charge in [-0.2, -0.15) is 9.97 Å². The SMILES string of the molecule is c1ccc(-c2nc(-c3ccccc3)nc(-n3c4ccccc4c4c5oc6ccccc6c5c5c(ccc6oc7ncccc7c65)c43)n2)cc1. The summed E-state index contributed by atoms with van der Waals surface area (Å²) in [6, 6.07) is 45.0. The molecule has 0 spiro atoms. The summed E-state index contributed by atoms with van der Waals surface area (Å²) in [5.41, 5.74) is 6.74. The largest absolute Gasteiger partial charge is 0.455 e. The molecule has 11 aromatic rings. The van der Waals surface area contributed by atoms with Crippen LogP contribution in [0.3, 0.4) is 0 Å². The van der Waals surface area contributed by atoms with Crippen molar-refractivity contribution in [1.82, 2.24) is 24.5 Å². The van der Waals surface area contributed by atoms with Crippen molar-refractivity contribution in [3.8, 4) is 28.7 Å². The van der Waals surface area contributed by atoms with Gasteiger partial charge >= 0.3 is 0 Å². The van der Waals surface area contributed by atoms with Crippen molar-refractivity contribution in [3.05, 3.63) is 140 Å². The van der Waals surface area contributed by atoms with Gasteiger partial charge in [0.1, 0.15) is 16.7 Å². The average molecular weight is 630 g/mol. The standard InChI is InChI=1S/C42H23N5O2/c1-3-12-24(13-4-1)39-44-40(25-14-5-2-6-15-25)46-42(45-39)47-30-19-9-7-16-26(30)36-37(47)28-21-22-32-33(29-18-11-23-43-41(29)49-32)34(28)35-27-17-8-10-20-31(27)48-38(35)36/h1-23H. The zero-order valence-corrected chi connectivity index (χ0v) is 25.8. The van der Waals surface area contributed by atoms with Crippen LogP contribution >= 0.6 is 0 Å². The van der Waals surface area contributed by atoms with Crippen molar-refractivity contribution in [2.75, 3.05) is 0 Å².